The fourth-order valence-electron chi connectivity index (χ4n) is 4.92. The molecule has 0 radical (unpaired) electrons. The van der Waals surface area contributed by atoms with Crippen LogP contribution in [0, 0.1) is 0 Å². The Kier molecular flexibility index (Phi) is 5.34. The molecule has 8 nitrogen and oxygen atoms in total. The summed E-state index contributed by atoms with van der Waals surface area (Å²) < 4.78 is 35.2. The van der Waals surface area contributed by atoms with Crippen molar-refractivity contribution in [3.05, 3.63) is 124 Å². The predicted octanol–water partition coefficient (Wildman–Crippen LogP) is 4.96. The Morgan fingerprint density at radius 3 is 2.05 bits per heavy atom. The van der Waals surface area contributed by atoms with Gasteiger partial charge in [-0.3, -0.25) is 18.9 Å². The molecule has 1 heterocycles. The second-order valence-corrected chi connectivity index (χ2v) is 10.2. The average molecular weight is 523 g/mol. The van der Waals surface area contributed by atoms with Crippen molar-refractivity contribution in [1.29, 1.82) is 0 Å². The summed E-state index contributed by atoms with van der Waals surface area (Å²) in [5.74, 6) is -1.02. The second-order valence-electron chi connectivity index (χ2n) is 8.79. The highest BCUT2D eigenvalue weighted by Crippen LogP contribution is 2.45. The number of ketones is 2. The molecule has 6 rings (SSSR count). The number of fused-ring (bicyclic) bond motifs is 2. The van der Waals surface area contributed by atoms with Crippen molar-refractivity contribution < 1.29 is 22.6 Å². The van der Waals surface area contributed by atoms with E-state index in [1.165, 1.54) is 0 Å². The Bertz CT molecular complexity index is 1960. The van der Waals surface area contributed by atoms with Crippen molar-refractivity contribution in [3.8, 4) is 11.1 Å². The van der Waals surface area contributed by atoms with E-state index in [1.807, 2.05) is 0 Å². The second kappa shape index (κ2) is 8.62. The zero-order valence-electron chi connectivity index (χ0n) is 19.6. The Hall–Kier alpha value is -4.86. The molecule has 0 spiro atoms. The van der Waals surface area contributed by atoms with E-state index in [4.69, 9.17) is 0 Å². The van der Waals surface area contributed by atoms with Crippen molar-refractivity contribution in [1.82, 2.24) is 4.98 Å². The number of benzene rings is 4. The van der Waals surface area contributed by atoms with Gasteiger partial charge in [-0.15, -0.1) is 0 Å². The molecule has 5 aromatic rings. The first-order valence-electron chi connectivity index (χ1n) is 11.6. The van der Waals surface area contributed by atoms with Gasteiger partial charge in [0.15, 0.2) is 11.6 Å². The first kappa shape index (κ1) is 23.5. The normalized spacial score (nSPS) is 12.3. The van der Waals surface area contributed by atoms with Crippen LogP contribution in [0.25, 0.3) is 22.0 Å². The lowest BCUT2D eigenvalue weighted by Gasteiger charge is -2.25. The van der Waals surface area contributed by atoms with Crippen molar-refractivity contribution in [3.63, 3.8) is 0 Å². The molecule has 38 heavy (non-hydrogen) atoms. The minimum Gasteiger partial charge on any atom is -0.355 e. The van der Waals surface area contributed by atoms with Crippen LogP contribution in [0.2, 0.25) is 0 Å². The van der Waals surface area contributed by atoms with E-state index in [-0.39, 0.29) is 44.4 Å². The molecule has 0 saturated heterocycles. The number of rotatable bonds is 5. The number of carbonyl (C=O) groups is 2. The quantitative estimate of drug-likeness (QED) is 0.215. The molecule has 0 aliphatic heterocycles. The number of anilines is 2. The highest BCUT2D eigenvalue weighted by molar-refractivity contribution is 7.86. The van der Waals surface area contributed by atoms with Gasteiger partial charge in [-0.1, -0.05) is 72.8 Å². The van der Waals surface area contributed by atoms with Crippen LogP contribution in [0.4, 0.5) is 11.4 Å². The minimum atomic E-state index is -4.87. The highest BCUT2D eigenvalue weighted by atomic mass is 32.2. The van der Waals surface area contributed by atoms with E-state index in [0.717, 1.165) is 6.07 Å². The summed E-state index contributed by atoms with van der Waals surface area (Å²) in [4.78, 5) is 42.9. The summed E-state index contributed by atoms with van der Waals surface area (Å²) in [7, 11) is -4.87. The molecular formula is C29H18N2O6S. The molecule has 0 saturated carbocycles. The third kappa shape index (κ3) is 3.64. The molecule has 4 aromatic carbocycles. The summed E-state index contributed by atoms with van der Waals surface area (Å²) in [5.41, 5.74) is 0.348. The van der Waals surface area contributed by atoms with Crippen molar-refractivity contribution >= 4 is 44.0 Å². The van der Waals surface area contributed by atoms with Gasteiger partial charge in [0.25, 0.3) is 15.7 Å². The Balaban J connectivity index is 1.81. The molecule has 0 fully saturated rings. The number of aromatic amines is 1. The lowest BCUT2D eigenvalue weighted by atomic mass is 9.80. The number of H-pyrrole nitrogens is 1. The summed E-state index contributed by atoms with van der Waals surface area (Å²) in [6, 6.07) is 24.6. The lowest BCUT2D eigenvalue weighted by Crippen LogP contribution is -2.25. The van der Waals surface area contributed by atoms with E-state index >= 15 is 0 Å². The molecule has 3 N–H and O–H groups in total. The Morgan fingerprint density at radius 2 is 1.39 bits per heavy atom. The number of pyridine rings is 1. The Morgan fingerprint density at radius 1 is 0.789 bits per heavy atom. The van der Waals surface area contributed by atoms with Crippen LogP contribution in [-0.2, 0) is 10.1 Å². The standard InChI is InChI=1S/C29H18N2O6S/c32-27(16-9-3-1-4-10-16)25-22-18-13-7-8-14-19(18)28(33)23-20(30-17-11-5-2-6-12-17)15-21(38(35,36)37)26(24(22)23)31-29(25)34/h1-15,30H,(H,31,34)(H,35,36,37). The molecule has 9 heteroatoms. The maximum atomic E-state index is 13.9. The summed E-state index contributed by atoms with van der Waals surface area (Å²) >= 11 is 0. The molecule has 1 aliphatic carbocycles. The average Bonchev–Trinajstić information content (AvgIpc) is 2.91. The van der Waals surface area contributed by atoms with E-state index in [1.54, 1.807) is 84.9 Å². The molecule has 0 atom stereocenters. The van der Waals surface area contributed by atoms with Crippen molar-refractivity contribution in [2.24, 2.45) is 0 Å². The third-order valence-electron chi connectivity index (χ3n) is 6.52. The van der Waals surface area contributed by atoms with Crippen molar-refractivity contribution in [2.75, 3.05) is 5.32 Å². The molecular weight excluding hydrogens is 504 g/mol. The van der Waals surface area contributed by atoms with Gasteiger partial charge in [-0.2, -0.15) is 8.42 Å². The van der Waals surface area contributed by atoms with Crippen LogP contribution in [0.15, 0.2) is 101 Å². The van der Waals surface area contributed by atoms with E-state index in [0.29, 0.717) is 11.3 Å². The van der Waals surface area contributed by atoms with Crippen LogP contribution in [0.3, 0.4) is 0 Å². The summed E-state index contributed by atoms with van der Waals surface area (Å²) in [5, 5.41) is 3.13. The molecule has 186 valence electrons. The number of hydrogen-bond acceptors (Lipinski definition) is 6. The van der Waals surface area contributed by atoms with E-state index in [2.05, 4.69) is 10.3 Å². The smallest absolute Gasteiger partial charge is 0.296 e. The van der Waals surface area contributed by atoms with E-state index < -0.39 is 32.1 Å². The first-order valence-corrected chi connectivity index (χ1v) is 13.0. The number of carbonyl (C=O) groups excluding carboxylic acids is 2. The number of hydrogen-bond donors (Lipinski definition) is 3. The predicted molar refractivity (Wildman–Crippen MR) is 143 cm³/mol. The minimum absolute atomic E-state index is 0.0566. The van der Waals surface area contributed by atoms with Crippen LogP contribution in [-0.4, -0.2) is 29.5 Å². The summed E-state index contributed by atoms with van der Waals surface area (Å²) in [6.45, 7) is 0. The van der Waals surface area contributed by atoms with Gasteiger partial charge in [-0.05, 0) is 23.8 Å². The van der Waals surface area contributed by atoms with Crippen LogP contribution in [0.1, 0.15) is 31.8 Å². The first-order chi connectivity index (χ1) is 18.3. The highest BCUT2D eigenvalue weighted by Gasteiger charge is 2.35. The monoisotopic (exact) mass is 522 g/mol. The van der Waals surface area contributed by atoms with Gasteiger partial charge in [0.2, 0.25) is 0 Å². The molecule has 0 amide bonds. The fraction of sp³-hybridized carbons (Fsp3) is 0. The molecule has 0 unspecified atom stereocenters. The van der Waals surface area contributed by atoms with E-state index in [9.17, 15) is 27.4 Å². The van der Waals surface area contributed by atoms with Gasteiger partial charge < -0.3 is 10.3 Å². The maximum absolute atomic E-state index is 13.9. The van der Waals surface area contributed by atoms with Crippen LogP contribution < -0.4 is 10.9 Å². The van der Waals surface area contributed by atoms with Gasteiger partial charge in [0, 0.05) is 27.8 Å². The largest absolute Gasteiger partial charge is 0.355 e. The number of para-hydroxylation sites is 1. The van der Waals surface area contributed by atoms with Gasteiger partial charge in [-0.25, -0.2) is 0 Å². The molecule has 0 bridgehead atoms. The van der Waals surface area contributed by atoms with Gasteiger partial charge in [0.05, 0.1) is 22.3 Å². The SMILES string of the molecule is O=C(c1ccccc1)c1c2c3c(c(Nc4ccccc4)cc(S(=O)(=O)O)c3[nH]c1=O)C(=O)c1ccccc1-2. The number of nitrogens with one attached hydrogen (secondary N) is 2. The van der Waals surface area contributed by atoms with Gasteiger partial charge in [0.1, 0.15) is 4.90 Å². The van der Waals surface area contributed by atoms with Crippen LogP contribution >= 0.6 is 0 Å². The number of aromatic nitrogens is 1. The fourth-order valence-corrected chi connectivity index (χ4v) is 5.59. The Labute approximate surface area is 216 Å². The van der Waals surface area contributed by atoms with Crippen LogP contribution in [0.5, 0.6) is 0 Å². The van der Waals surface area contributed by atoms with Crippen molar-refractivity contribution in [2.45, 2.75) is 4.90 Å². The molecule has 1 aliphatic rings. The molecule has 1 aromatic heterocycles. The van der Waals surface area contributed by atoms with Gasteiger partial charge >= 0.3 is 0 Å². The maximum Gasteiger partial charge on any atom is 0.296 e. The lowest BCUT2D eigenvalue weighted by molar-refractivity contribution is 0.102. The topological polar surface area (TPSA) is 133 Å². The summed E-state index contributed by atoms with van der Waals surface area (Å²) in [6.07, 6.45) is 0. The zero-order chi connectivity index (χ0) is 26.6. The zero-order valence-corrected chi connectivity index (χ0v) is 20.4. The third-order valence-corrected chi connectivity index (χ3v) is 7.40.